The van der Waals surface area contributed by atoms with Gasteiger partial charge in [0, 0.05) is 16.0 Å². The molecule has 45 heavy (non-hydrogen) atoms. The number of aromatic nitrogens is 1. The monoisotopic (exact) mass is 647 g/mol. The van der Waals surface area contributed by atoms with Crippen LogP contribution in [0.3, 0.4) is 0 Å². The van der Waals surface area contributed by atoms with E-state index in [1.807, 2.05) is 31.2 Å². The normalized spacial score (nSPS) is 11.5. The molecule has 0 saturated heterocycles. The molecular formula is C33H34ClN5O5S. The lowest BCUT2D eigenvalue weighted by molar-refractivity contribution is 0.0561. The van der Waals surface area contributed by atoms with E-state index < -0.39 is 17.6 Å². The number of nitrogens with zero attached hydrogens (tertiary/aromatic N) is 2. The van der Waals surface area contributed by atoms with Gasteiger partial charge in [0.2, 0.25) is 5.96 Å². The molecule has 1 heterocycles. The van der Waals surface area contributed by atoms with Gasteiger partial charge in [-0.1, -0.05) is 35.9 Å². The second kappa shape index (κ2) is 14.4. The highest BCUT2D eigenvalue weighted by atomic mass is 35.5. The number of carbonyl (C=O) groups excluding carboxylic acids is 3. The summed E-state index contributed by atoms with van der Waals surface area (Å²) in [5.41, 5.74) is 3.16. The lowest BCUT2D eigenvalue weighted by Gasteiger charge is -2.20. The van der Waals surface area contributed by atoms with Gasteiger partial charge in [-0.2, -0.15) is 4.37 Å². The number of benzene rings is 3. The molecule has 0 radical (unpaired) electrons. The number of ether oxygens (including phenoxy) is 2. The zero-order valence-electron chi connectivity index (χ0n) is 25.8. The standard InChI is InChI=1S/C33H34ClN5O5S/c1-19-16-21(17-25(34)27(19)36-29(40)23-10-8-7-9-11-23)18-35-31(38-32(42)44-33(3,4)5)37-30(41)26-20(2)45-39-28(26)22-12-14-24(43-6)15-13-22/h7-17H,18H2,1-6H3,(H,36,40)(H2,35,37,38,41,42). The van der Waals surface area contributed by atoms with Crippen molar-refractivity contribution < 1.29 is 23.9 Å². The van der Waals surface area contributed by atoms with Crippen LogP contribution in [0.1, 0.15) is 57.5 Å². The molecule has 4 rings (SSSR count). The van der Waals surface area contributed by atoms with Crippen LogP contribution < -0.4 is 20.7 Å². The third-order valence-electron chi connectivity index (χ3n) is 6.35. The molecule has 10 nitrogen and oxygen atoms in total. The number of nitrogens with one attached hydrogen (secondary N) is 3. The summed E-state index contributed by atoms with van der Waals surface area (Å²) < 4.78 is 15.1. The number of anilines is 1. The van der Waals surface area contributed by atoms with Crippen molar-refractivity contribution in [3.63, 3.8) is 0 Å². The second-order valence-electron chi connectivity index (χ2n) is 11.0. The summed E-state index contributed by atoms with van der Waals surface area (Å²) in [6.07, 6.45) is -0.787. The van der Waals surface area contributed by atoms with Crippen molar-refractivity contribution in [2.75, 3.05) is 12.4 Å². The smallest absolute Gasteiger partial charge is 0.414 e. The average Bonchev–Trinajstić information content (AvgIpc) is 3.38. The first kappa shape index (κ1) is 33.2. The Labute approximate surface area is 271 Å². The quantitative estimate of drug-likeness (QED) is 0.144. The minimum atomic E-state index is -0.787. The van der Waals surface area contributed by atoms with Crippen molar-refractivity contribution in [3.05, 3.63) is 98.9 Å². The third-order valence-corrected chi connectivity index (χ3v) is 7.40. The SMILES string of the molecule is COc1ccc(-c2nsc(C)c2C(=O)NC(=NCc2cc(C)c(NC(=O)c3ccccc3)c(Cl)c2)NC(=O)OC(C)(C)C)cc1. The Morgan fingerprint density at radius 1 is 0.956 bits per heavy atom. The zero-order valence-corrected chi connectivity index (χ0v) is 27.4. The predicted molar refractivity (Wildman–Crippen MR) is 177 cm³/mol. The Hall–Kier alpha value is -4.74. The van der Waals surface area contributed by atoms with Gasteiger partial charge in [0.15, 0.2) is 0 Å². The summed E-state index contributed by atoms with van der Waals surface area (Å²) in [7, 11) is 1.58. The number of methoxy groups -OCH3 is 1. The highest BCUT2D eigenvalue weighted by Gasteiger charge is 2.23. The van der Waals surface area contributed by atoms with E-state index in [9.17, 15) is 14.4 Å². The fourth-order valence-corrected chi connectivity index (χ4v) is 5.32. The summed E-state index contributed by atoms with van der Waals surface area (Å²) in [4.78, 5) is 44.2. The molecule has 3 N–H and O–H groups in total. The lowest BCUT2D eigenvalue weighted by Crippen LogP contribution is -2.46. The molecule has 0 saturated carbocycles. The summed E-state index contributed by atoms with van der Waals surface area (Å²) in [6.45, 7) is 8.84. The molecule has 3 amide bonds. The van der Waals surface area contributed by atoms with Crippen LogP contribution in [0, 0.1) is 13.8 Å². The van der Waals surface area contributed by atoms with Gasteiger partial charge in [-0.3, -0.25) is 20.2 Å². The van der Waals surface area contributed by atoms with Gasteiger partial charge in [-0.05, 0) is 99.7 Å². The minimum Gasteiger partial charge on any atom is -0.497 e. The van der Waals surface area contributed by atoms with Crippen molar-refractivity contribution >= 4 is 52.7 Å². The predicted octanol–water partition coefficient (Wildman–Crippen LogP) is 7.15. The van der Waals surface area contributed by atoms with Crippen LogP contribution in [0.5, 0.6) is 5.75 Å². The number of halogens is 1. The molecule has 0 aliphatic heterocycles. The van der Waals surface area contributed by atoms with E-state index in [4.69, 9.17) is 21.1 Å². The number of carbonyl (C=O) groups is 3. The number of rotatable bonds is 7. The lowest BCUT2D eigenvalue weighted by atomic mass is 10.1. The molecule has 0 unspecified atom stereocenters. The van der Waals surface area contributed by atoms with Gasteiger partial charge in [0.1, 0.15) is 11.4 Å². The number of aliphatic imine (C=N–C) groups is 1. The summed E-state index contributed by atoms with van der Waals surface area (Å²) in [6, 6.07) is 19.5. The molecule has 4 aromatic rings. The van der Waals surface area contributed by atoms with Crippen LogP contribution in [0.4, 0.5) is 10.5 Å². The van der Waals surface area contributed by atoms with Crippen LogP contribution in [0.25, 0.3) is 11.3 Å². The largest absolute Gasteiger partial charge is 0.497 e. The topological polar surface area (TPSA) is 131 Å². The van der Waals surface area contributed by atoms with Crippen molar-refractivity contribution in [1.29, 1.82) is 0 Å². The van der Waals surface area contributed by atoms with E-state index in [1.165, 1.54) is 11.5 Å². The van der Waals surface area contributed by atoms with E-state index in [0.29, 0.717) is 49.3 Å². The van der Waals surface area contributed by atoms with E-state index in [-0.39, 0.29) is 18.4 Å². The van der Waals surface area contributed by atoms with Crippen molar-refractivity contribution in [3.8, 4) is 17.0 Å². The number of hydrogen-bond acceptors (Lipinski definition) is 8. The molecule has 0 fully saturated rings. The minimum absolute atomic E-state index is 0.0467. The number of guanidine groups is 1. The summed E-state index contributed by atoms with van der Waals surface area (Å²) in [5.74, 6) is -0.231. The van der Waals surface area contributed by atoms with Crippen molar-refractivity contribution in [1.82, 2.24) is 15.0 Å². The Balaban J connectivity index is 1.58. The fourth-order valence-electron chi connectivity index (χ4n) is 4.28. The molecule has 3 aromatic carbocycles. The van der Waals surface area contributed by atoms with E-state index >= 15 is 0 Å². The Bertz CT molecular complexity index is 1710. The number of hydrogen-bond donors (Lipinski definition) is 3. The zero-order chi connectivity index (χ0) is 32.7. The second-order valence-corrected chi connectivity index (χ2v) is 12.4. The van der Waals surface area contributed by atoms with Crippen molar-refractivity contribution in [2.24, 2.45) is 4.99 Å². The van der Waals surface area contributed by atoms with Crippen LogP contribution in [0.2, 0.25) is 5.02 Å². The fraction of sp³-hybridized carbons (Fsp3) is 0.242. The molecular weight excluding hydrogens is 614 g/mol. The highest BCUT2D eigenvalue weighted by molar-refractivity contribution is 7.06. The maximum atomic E-state index is 13.6. The van der Waals surface area contributed by atoms with Gasteiger partial charge in [0.05, 0.1) is 35.6 Å². The van der Waals surface area contributed by atoms with Gasteiger partial charge in [-0.15, -0.1) is 0 Å². The summed E-state index contributed by atoms with van der Waals surface area (Å²) in [5, 5.41) is 8.44. The molecule has 0 aliphatic carbocycles. The molecule has 12 heteroatoms. The van der Waals surface area contributed by atoms with E-state index in [2.05, 4.69) is 25.3 Å². The third kappa shape index (κ3) is 8.90. The molecule has 0 spiro atoms. The molecule has 0 bridgehead atoms. The first-order valence-electron chi connectivity index (χ1n) is 14.0. The Kier molecular flexibility index (Phi) is 10.6. The Morgan fingerprint density at radius 2 is 1.64 bits per heavy atom. The Morgan fingerprint density at radius 3 is 2.27 bits per heavy atom. The van der Waals surface area contributed by atoms with Crippen LogP contribution in [0.15, 0.2) is 71.7 Å². The van der Waals surface area contributed by atoms with Gasteiger partial charge in [-0.25, -0.2) is 9.79 Å². The number of alkyl carbamates (subject to hydrolysis) is 1. The molecule has 234 valence electrons. The van der Waals surface area contributed by atoms with E-state index in [1.54, 1.807) is 77.3 Å². The number of aryl methyl sites for hydroxylation is 2. The average molecular weight is 648 g/mol. The van der Waals surface area contributed by atoms with Crippen molar-refractivity contribution in [2.45, 2.75) is 46.8 Å². The molecule has 1 aromatic heterocycles. The van der Waals surface area contributed by atoms with E-state index in [0.717, 1.165) is 5.56 Å². The summed E-state index contributed by atoms with van der Waals surface area (Å²) >= 11 is 7.76. The number of amides is 3. The molecule has 0 aliphatic rings. The maximum Gasteiger partial charge on any atom is 0.414 e. The van der Waals surface area contributed by atoms with Gasteiger partial charge < -0.3 is 14.8 Å². The van der Waals surface area contributed by atoms with Crippen LogP contribution in [-0.2, 0) is 11.3 Å². The van der Waals surface area contributed by atoms with Crippen LogP contribution in [-0.4, -0.2) is 41.0 Å². The first-order valence-corrected chi connectivity index (χ1v) is 15.1. The first-order chi connectivity index (χ1) is 21.3. The van der Waals surface area contributed by atoms with Gasteiger partial charge >= 0.3 is 6.09 Å². The highest BCUT2D eigenvalue weighted by Crippen LogP contribution is 2.30. The van der Waals surface area contributed by atoms with Crippen LogP contribution >= 0.6 is 23.1 Å². The van der Waals surface area contributed by atoms with Gasteiger partial charge in [0.25, 0.3) is 11.8 Å². The molecule has 0 atom stereocenters. The maximum absolute atomic E-state index is 13.6.